The van der Waals surface area contributed by atoms with Gasteiger partial charge in [-0.25, -0.2) is 10.1 Å². The maximum absolute atomic E-state index is 12.8. The van der Waals surface area contributed by atoms with Gasteiger partial charge in [0.15, 0.2) is 0 Å². The molecule has 0 radical (unpaired) electrons. The number of hydrogen-bond acceptors (Lipinski definition) is 6. The van der Waals surface area contributed by atoms with Crippen molar-refractivity contribution in [3.05, 3.63) is 21.9 Å². The molecule has 0 atom stereocenters. The largest absolute Gasteiger partial charge is 0.481 e. The first-order valence-corrected chi connectivity index (χ1v) is 8.67. The number of nitrogens with zero attached hydrogens (tertiary/aromatic N) is 2. The quantitative estimate of drug-likeness (QED) is 0.553. The normalized spacial score (nSPS) is 13.5. The number of carbonyl (C=O) groups is 2. The number of carboxylic acids is 1. The lowest BCUT2D eigenvalue weighted by molar-refractivity contribution is -0.183. The Kier molecular flexibility index (Phi) is 6.51. The van der Waals surface area contributed by atoms with Crippen LogP contribution in [0.2, 0.25) is 0 Å². The number of nitrogens with two attached hydrogens (primary N) is 1. The molecule has 0 bridgehead atoms. The zero-order valence-corrected chi connectivity index (χ0v) is 14.3. The molecule has 1 aromatic heterocycles. The van der Waals surface area contributed by atoms with E-state index in [0.717, 1.165) is 17.0 Å². The lowest BCUT2D eigenvalue weighted by Crippen LogP contribution is -2.34. The smallest absolute Gasteiger partial charge is 0.303 e. The number of carbonyl (C=O) groups excluding carboxylic acids is 1. The number of aliphatic imine (C=N–C) groups is 1. The Morgan fingerprint density at radius 1 is 1.50 bits per heavy atom. The molecule has 1 amide bonds. The second kappa shape index (κ2) is 8.60. The van der Waals surface area contributed by atoms with E-state index in [2.05, 4.69) is 4.99 Å². The van der Waals surface area contributed by atoms with Gasteiger partial charge in [0.05, 0.1) is 17.2 Å². The molecule has 0 fully saturated rings. The third-order valence-corrected chi connectivity index (χ3v) is 4.18. The number of fused-ring (bicyclic) bond motifs is 1. The lowest BCUT2D eigenvalue weighted by atomic mass is 10.1. The third-order valence-electron chi connectivity index (χ3n) is 3.32. The predicted molar refractivity (Wildman–Crippen MR) is 93.0 cm³/mol. The highest BCUT2D eigenvalue weighted by Crippen LogP contribution is 2.31. The van der Waals surface area contributed by atoms with Gasteiger partial charge in [-0.15, -0.1) is 11.3 Å². The topological polar surface area (TPSA) is 105 Å². The number of amidine groups is 1. The number of hydroxylamine groups is 2. The van der Waals surface area contributed by atoms with Crippen LogP contribution in [0, 0.1) is 0 Å². The van der Waals surface area contributed by atoms with Crippen molar-refractivity contribution in [1.29, 1.82) is 0 Å². The number of carboxylic acid groups (broad SMARTS) is 1. The molecule has 2 rings (SSSR count). The molecule has 0 saturated carbocycles. The summed E-state index contributed by atoms with van der Waals surface area (Å²) in [6.07, 6.45) is 3.15. The monoisotopic (exact) mass is 351 g/mol. The molecule has 3 N–H and O–H groups in total. The minimum absolute atomic E-state index is 0.00894. The highest BCUT2D eigenvalue weighted by molar-refractivity contribution is 7.11. The summed E-state index contributed by atoms with van der Waals surface area (Å²) in [6.45, 7) is 2.55. The molecule has 0 unspecified atom stereocenters. The average molecular weight is 351 g/mol. The predicted octanol–water partition coefficient (Wildman–Crippen LogP) is 2.56. The Labute approximate surface area is 144 Å². The van der Waals surface area contributed by atoms with E-state index in [1.54, 1.807) is 6.08 Å². The average Bonchev–Trinajstić information content (AvgIpc) is 2.89. The molecule has 130 valence electrons. The summed E-state index contributed by atoms with van der Waals surface area (Å²) < 4.78 is 0. The van der Waals surface area contributed by atoms with Crippen LogP contribution in [0.3, 0.4) is 0 Å². The van der Waals surface area contributed by atoms with Gasteiger partial charge in [0.1, 0.15) is 5.84 Å². The Bertz CT molecular complexity index is 666. The highest BCUT2D eigenvalue weighted by Gasteiger charge is 2.22. The molecule has 0 saturated heterocycles. The molecule has 2 heterocycles. The molecular formula is C16H21N3O4S. The van der Waals surface area contributed by atoms with E-state index in [9.17, 15) is 9.59 Å². The summed E-state index contributed by atoms with van der Waals surface area (Å²) >= 11 is 1.50. The van der Waals surface area contributed by atoms with Crippen LogP contribution in [0.4, 0.5) is 5.69 Å². The lowest BCUT2D eigenvalue weighted by Gasteiger charge is -2.22. The summed E-state index contributed by atoms with van der Waals surface area (Å²) in [6, 6.07) is 1.86. The number of aliphatic carboxylic acids is 1. The van der Waals surface area contributed by atoms with Crippen LogP contribution in [0.1, 0.15) is 37.5 Å². The van der Waals surface area contributed by atoms with Crippen LogP contribution in [0.5, 0.6) is 0 Å². The minimum atomic E-state index is -0.882. The fraction of sp³-hybridized carbons (Fsp3) is 0.438. The van der Waals surface area contributed by atoms with Gasteiger partial charge in [-0.2, -0.15) is 0 Å². The molecule has 1 aliphatic heterocycles. The zero-order valence-electron chi connectivity index (χ0n) is 13.5. The van der Waals surface area contributed by atoms with Crippen molar-refractivity contribution in [3.63, 3.8) is 0 Å². The molecule has 7 nitrogen and oxygen atoms in total. The Morgan fingerprint density at radius 2 is 2.29 bits per heavy atom. The van der Waals surface area contributed by atoms with Crippen molar-refractivity contribution in [2.75, 3.05) is 13.2 Å². The van der Waals surface area contributed by atoms with Gasteiger partial charge in [0.2, 0.25) is 0 Å². The second-order valence-electron chi connectivity index (χ2n) is 5.36. The van der Waals surface area contributed by atoms with Gasteiger partial charge >= 0.3 is 5.97 Å². The first-order chi connectivity index (χ1) is 11.5. The van der Waals surface area contributed by atoms with Crippen molar-refractivity contribution in [1.82, 2.24) is 5.06 Å². The summed E-state index contributed by atoms with van der Waals surface area (Å²) in [5.74, 6) is -0.756. The molecule has 24 heavy (non-hydrogen) atoms. The summed E-state index contributed by atoms with van der Waals surface area (Å²) in [7, 11) is 0. The number of hydrogen-bond donors (Lipinski definition) is 2. The van der Waals surface area contributed by atoms with Crippen molar-refractivity contribution >= 4 is 40.8 Å². The van der Waals surface area contributed by atoms with E-state index in [0.29, 0.717) is 24.4 Å². The molecule has 0 aromatic carbocycles. The van der Waals surface area contributed by atoms with E-state index < -0.39 is 5.97 Å². The first kappa shape index (κ1) is 18.2. The van der Waals surface area contributed by atoms with E-state index in [1.807, 2.05) is 18.4 Å². The Balaban J connectivity index is 2.08. The van der Waals surface area contributed by atoms with E-state index in [1.165, 1.54) is 16.4 Å². The molecule has 8 heteroatoms. The summed E-state index contributed by atoms with van der Waals surface area (Å²) in [5.41, 5.74) is 7.19. The maximum Gasteiger partial charge on any atom is 0.303 e. The van der Waals surface area contributed by atoms with Crippen LogP contribution in [-0.2, 0) is 14.4 Å². The van der Waals surface area contributed by atoms with Crippen molar-refractivity contribution in [2.45, 2.75) is 32.6 Å². The first-order valence-electron chi connectivity index (χ1n) is 7.79. The summed E-state index contributed by atoms with van der Waals surface area (Å²) in [4.78, 5) is 34.0. The van der Waals surface area contributed by atoms with Crippen molar-refractivity contribution in [2.24, 2.45) is 10.7 Å². The standard InChI is InChI=1S/C16H21N3O4S/c1-2-6-19(23-7-3-4-15(20)21)16(22)11-9-13-12(5-8-24-13)18-14(17)10-11/h5,8-9H,2-4,6-7,10H2,1H3,(H2,17,18)(H,20,21). The molecular weight excluding hydrogens is 330 g/mol. The van der Waals surface area contributed by atoms with Gasteiger partial charge in [0.25, 0.3) is 5.91 Å². The van der Waals surface area contributed by atoms with Gasteiger partial charge in [-0.1, -0.05) is 6.92 Å². The van der Waals surface area contributed by atoms with E-state index >= 15 is 0 Å². The van der Waals surface area contributed by atoms with Crippen LogP contribution in [-0.4, -0.2) is 41.0 Å². The van der Waals surface area contributed by atoms with Crippen molar-refractivity contribution in [3.8, 4) is 0 Å². The highest BCUT2D eigenvalue weighted by atomic mass is 32.1. The maximum atomic E-state index is 12.8. The zero-order chi connectivity index (χ0) is 17.5. The van der Waals surface area contributed by atoms with Gasteiger partial charge in [-0.05, 0) is 30.4 Å². The number of thiophene rings is 1. The van der Waals surface area contributed by atoms with Crippen LogP contribution in [0.25, 0.3) is 6.08 Å². The SMILES string of the molecule is CCCN(OCCCC(=O)O)C(=O)C1=Cc2sccc2N=C(N)C1. The Hall–Kier alpha value is -2.19. The summed E-state index contributed by atoms with van der Waals surface area (Å²) in [5, 5.41) is 11.8. The Morgan fingerprint density at radius 3 is 3.00 bits per heavy atom. The van der Waals surface area contributed by atoms with Crippen LogP contribution < -0.4 is 5.73 Å². The van der Waals surface area contributed by atoms with E-state index in [4.69, 9.17) is 15.7 Å². The molecule has 0 aliphatic carbocycles. The van der Waals surface area contributed by atoms with Crippen molar-refractivity contribution < 1.29 is 19.5 Å². The van der Waals surface area contributed by atoms with Crippen LogP contribution in [0.15, 0.2) is 22.0 Å². The third kappa shape index (κ3) is 4.90. The minimum Gasteiger partial charge on any atom is -0.481 e. The fourth-order valence-corrected chi connectivity index (χ4v) is 3.03. The van der Waals surface area contributed by atoms with Crippen LogP contribution >= 0.6 is 11.3 Å². The van der Waals surface area contributed by atoms with E-state index in [-0.39, 0.29) is 25.4 Å². The molecule has 0 spiro atoms. The number of amides is 1. The second-order valence-corrected chi connectivity index (χ2v) is 6.31. The molecule has 1 aromatic rings. The number of rotatable bonds is 8. The van der Waals surface area contributed by atoms with Gasteiger partial charge in [0, 0.05) is 25.0 Å². The molecule has 1 aliphatic rings. The van der Waals surface area contributed by atoms with Gasteiger partial charge < -0.3 is 10.8 Å². The van der Waals surface area contributed by atoms with Gasteiger partial charge in [-0.3, -0.25) is 14.4 Å². The fourth-order valence-electron chi connectivity index (χ4n) is 2.24.